The fraction of sp³-hybridized carbons (Fsp3) is 0.762. The van der Waals surface area contributed by atoms with E-state index in [0.29, 0.717) is 12.8 Å². The highest BCUT2D eigenvalue weighted by molar-refractivity contribution is 5.91. The molecule has 0 bridgehead atoms. The molecular formula is C21H35NO5. The Hall–Kier alpha value is -1.69. The lowest BCUT2D eigenvalue weighted by atomic mass is 9.84. The van der Waals surface area contributed by atoms with Gasteiger partial charge in [0.05, 0.1) is 12.5 Å². The molecule has 0 spiro atoms. The number of allylic oxidation sites excluding steroid dienone is 1. The first-order valence-corrected chi connectivity index (χ1v) is 9.83. The number of esters is 2. The average molecular weight is 382 g/mol. The molecule has 0 saturated heterocycles. The normalized spacial score (nSPS) is 34.4. The van der Waals surface area contributed by atoms with Gasteiger partial charge in [-0.05, 0) is 45.9 Å². The Morgan fingerprint density at radius 1 is 1.22 bits per heavy atom. The van der Waals surface area contributed by atoms with Gasteiger partial charge in [0.15, 0.2) is 5.78 Å². The van der Waals surface area contributed by atoms with Crippen LogP contribution in [0.2, 0.25) is 0 Å². The molecule has 154 valence electrons. The molecule has 1 aliphatic rings. The summed E-state index contributed by atoms with van der Waals surface area (Å²) in [5.74, 6) is -1.73. The van der Waals surface area contributed by atoms with Crippen LogP contribution in [0.4, 0.5) is 0 Å². The Morgan fingerprint density at radius 2 is 1.85 bits per heavy atom. The SMILES string of the molecule is CC[C@H]1OC(=O)[C@H](C)[C@@H](OC(=O)CN(C)C)[C@@H](C)C[C@@H](C)C(=O)/C=C/[C@H]1C. The molecule has 0 aromatic rings. The van der Waals surface area contributed by atoms with Crippen molar-refractivity contribution in [2.24, 2.45) is 23.7 Å². The molecule has 0 fully saturated rings. The fourth-order valence-electron chi connectivity index (χ4n) is 3.45. The van der Waals surface area contributed by atoms with Gasteiger partial charge in [0.1, 0.15) is 12.2 Å². The summed E-state index contributed by atoms with van der Waals surface area (Å²) < 4.78 is 11.4. The van der Waals surface area contributed by atoms with Crippen molar-refractivity contribution >= 4 is 17.7 Å². The number of ether oxygens (including phenoxy) is 2. The average Bonchev–Trinajstić information content (AvgIpc) is 2.59. The Bertz CT molecular complexity index is 557. The first-order valence-electron chi connectivity index (χ1n) is 9.83. The van der Waals surface area contributed by atoms with E-state index in [0.717, 1.165) is 0 Å². The summed E-state index contributed by atoms with van der Waals surface area (Å²) in [4.78, 5) is 39.1. The maximum atomic E-state index is 12.7. The third-order valence-electron chi connectivity index (χ3n) is 5.17. The molecule has 1 aliphatic heterocycles. The minimum Gasteiger partial charge on any atom is -0.461 e. The summed E-state index contributed by atoms with van der Waals surface area (Å²) in [7, 11) is 3.56. The summed E-state index contributed by atoms with van der Waals surface area (Å²) >= 11 is 0. The summed E-state index contributed by atoms with van der Waals surface area (Å²) in [5, 5.41) is 0. The maximum Gasteiger partial charge on any atom is 0.320 e. The first kappa shape index (κ1) is 23.3. The highest BCUT2D eigenvalue weighted by atomic mass is 16.6. The number of rotatable bonds is 4. The lowest BCUT2D eigenvalue weighted by molar-refractivity contribution is -0.169. The van der Waals surface area contributed by atoms with Crippen molar-refractivity contribution in [2.45, 2.75) is 59.7 Å². The Labute approximate surface area is 163 Å². The molecule has 0 aromatic heterocycles. The van der Waals surface area contributed by atoms with E-state index in [1.54, 1.807) is 32.0 Å². The lowest BCUT2D eigenvalue weighted by Crippen LogP contribution is -2.41. The number of hydrogen-bond acceptors (Lipinski definition) is 6. The van der Waals surface area contributed by atoms with Gasteiger partial charge in [-0.25, -0.2) is 0 Å². The van der Waals surface area contributed by atoms with Crippen LogP contribution in [0.5, 0.6) is 0 Å². The molecular weight excluding hydrogens is 346 g/mol. The molecule has 6 heteroatoms. The second-order valence-electron chi connectivity index (χ2n) is 8.10. The van der Waals surface area contributed by atoms with Gasteiger partial charge in [-0.3, -0.25) is 19.3 Å². The molecule has 0 unspecified atom stereocenters. The van der Waals surface area contributed by atoms with Crippen molar-refractivity contribution in [3.05, 3.63) is 12.2 Å². The van der Waals surface area contributed by atoms with Crippen LogP contribution in [0, 0.1) is 23.7 Å². The summed E-state index contributed by atoms with van der Waals surface area (Å²) in [6, 6.07) is 0. The molecule has 1 heterocycles. The van der Waals surface area contributed by atoms with Crippen molar-refractivity contribution in [3.8, 4) is 0 Å². The standard InChI is InChI=1S/C21H35NO5/c1-8-18-13(2)9-10-17(23)14(3)11-15(4)20(16(5)21(25)26-18)27-19(24)12-22(6)7/h9-10,13-16,18,20H,8,11-12H2,1-7H3/b10-9+/t13-,14-,15+,16-,18-,20+/m1/s1. The predicted molar refractivity (Wildman–Crippen MR) is 104 cm³/mol. The van der Waals surface area contributed by atoms with Crippen molar-refractivity contribution in [1.29, 1.82) is 0 Å². The minimum absolute atomic E-state index is 0.0430. The van der Waals surface area contributed by atoms with Gasteiger partial charge < -0.3 is 9.47 Å². The zero-order valence-electron chi connectivity index (χ0n) is 17.7. The van der Waals surface area contributed by atoms with Gasteiger partial charge in [0.2, 0.25) is 0 Å². The highest BCUT2D eigenvalue weighted by Crippen LogP contribution is 2.27. The van der Waals surface area contributed by atoms with E-state index in [1.807, 2.05) is 33.8 Å². The molecule has 0 radical (unpaired) electrons. The number of nitrogens with zero attached hydrogens (tertiary/aromatic N) is 1. The van der Waals surface area contributed by atoms with Crippen LogP contribution in [0.3, 0.4) is 0 Å². The van der Waals surface area contributed by atoms with E-state index in [1.165, 1.54) is 0 Å². The van der Waals surface area contributed by atoms with Gasteiger partial charge in [-0.2, -0.15) is 0 Å². The molecule has 0 aliphatic carbocycles. The topological polar surface area (TPSA) is 72.9 Å². The predicted octanol–water partition coefficient (Wildman–Crippen LogP) is 2.86. The van der Waals surface area contributed by atoms with Crippen LogP contribution in [0.25, 0.3) is 0 Å². The van der Waals surface area contributed by atoms with Gasteiger partial charge in [0, 0.05) is 11.8 Å². The van der Waals surface area contributed by atoms with Crippen LogP contribution in [0.15, 0.2) is 12.2 Å². The first-order chi connectivity index (χ1) is 12.6. The number of ketones is 1. The molecule has 1 rings (SSSR count). The smallest absolute Gasteiger partial charge is 0.320 e. The molecule has 0 amide bonds. The molecule has 0 saturated carbocycles. The Morgan fingerprint density at radius 3 is 2.41 bits per heavy atom. The van der Waals surface area contributed by atoms with E-state index in [4.69, 9.17) is 9.47 Å². The summed E-state index contributed by atoms with van der Waals surface area (Å²) in [6.45, 7) is 9.54. The van der Waals surface area contributed by atoms with Gasteiger partial charge in [-0.1, -0.05) is 33.8 Å². The van der Waals surface area contributed by atoms with E-state index in [-0.39, 0.29) is 48.1 Å². The lowest BCUT2D eigenvalue weighted by Gasteiger charge is -2.32. The summed E-state index contributed by atoms with van der Waals surface area (Å²) in [5.41, 5.74) is 0. The molecule has 0 N–H and O–H groups in total. The van der Waals surface area contributed by atoms with Crippen LogP contribution in [0.1, 0.15) is 47.5 Å². The maximum absolute atomic E-state index is 12.7. The molecule has 27 heavy (non-hydrogen) atoms. The van der Waals surface area contributed by atoms with Gasteiger partial charge in [-0.15, -0.1) is 0 Å². The quantitative estimate of drug-likeness (QED) is 0.697. The summed E-state index contributed by atoms with van der Waals surface area (Å²) in [6.07, 6.45) is 3.66. The van der Waals surface area contributed by atoms with Crippen molar-refractivity contribution in [1.82, 2.24) is 4.90 Å². The fourth-order valence-corrected chi connectivity index (χ4v) is 3.45. The number of cyclic esters (lactones) is 1. The Balaban J connectivity index is 3.14. The third-order valence-corrected chi connectivity index (χ3v) is 5.17. The minimum atomic E-state index is -0.628. The van der Waals surface area contributed by atoms with Crippen molar-refractivity contribution in [2.75, 3.05) is 20.6 Å². The molecule has 6 nitrogen and oxygen atoms in total. The van der Waals surface area contributed by atoms with Crippen molar-refractivity contribution in [3.63, 3.8) is 0 Å². The van der Waals surface area contributed by atoms with E-state index in [9.17, 15) is 14.4 Å². The second kappa shape index (κ2) is 10.6. The monoisotopic (exact) mass is 381 g/mol. The molecule has 6 atom stereocenters. The second-order valence-corrected chi connectivity index (χ2v) is 8.10. The number of likely N-dealkylation sites (N-methyl/N-ethyl adjacent to an activating group) is 1. The van der Waals surface area contributed by atoms with Crippen LogP contribution in [-0.2, 0) is 23.9 Å². The van der Waals surface area contributed by atoms with Crippen LogP contribution < -0.4 is 0 Å². The number of carbonyl (C=O) groups excluding carboxylic acids is 3. The van der Waals surface area contributed by atoms with Gasteiger partial charge in [0.25, 0.3) is 0 Å². The molecule has 0 aromatic carbocycles. The van der Waals surface area contributed by atoms with Crippen LogP contribution >= 0.6 is 0 Å². The van der Waals surface area contributed by atoms with E-state index in [2.05, 4.69) is 0 Å². The van der Waals surface area contributed by atoms with Crippen molar-refractivity contribution < 1.29 is 23.9 Å². The van der Waals surface area contributed by atoms with Gasteiger partial charge >= 0.3 is 11.9 Å². The Kier molecular flexibility index (Phi) is 9.16. The zero-order chi connectivity index (χ0) is 20.7. The zero-order valence-corrected chi connectivity index (χ0v) is 17.7. The highest BCUT2D eigenvalue weighted by Gasteiger charge is 2.36. The van der Waals surface area contributed by atoms with E-state index >= 15 is 0 Å². The number of hydrogen-bond donors (Lipinski definition) is 0. The third kappa shape index (κ3) is 7.09. The van der Waals surface area contributed by atoms with E-state index < -0.39 is 12.0 Å². The van der Waals surface area contributed by atoms with Crippen LogP contribution in [-0.4, -0.2) is 55.5 Å². The largest absolute Gasteiger partial charge is 0.461 e. The number of carbonyl (C=O) groups is 3.